The topological polar surface area (TPSA) is 80.0 Å². The van der Waals surface area contributed by atoms with Crippen LogP contribution >= 0.6 is 0 Å². The van der Waals surface area contributed by atoms with Crippen molar-refractivity contribution in [3.63, 3.8) is 0 Å². The van der Waals surface area contributed by atoms with Crippen LogP contribution in [0.4, 0.5) is 10.5 Å². The van der Waals surface area contributed by atoms with Crippen molar-refractivity contribution >= 4 is 11.7 Å². The van der Waals surface area contributed by atoms with Crippen LogP contribution < -0.4 is 10.6 Å². The Morgan fingerprint density at radius 3 is 2.62 bits per heavy atom. The second-order valence-electron chi connectivity index (χ2n) is 5.90. The third-order valence-electron chi connectivity index (χ3n) is 2.67. The molecule has 0 radical (unpaired) electrons. The van der Waals surface area contributed by atoms with E-state index in [1.165, 1.54) is 0 Å². The second-order valence-corrected chi connectivity index (χ2v) is 5.90. The van der Waals surface area contributed by atoms with Gasteiger partial charge in [0.25, 0.3) is 0 Å². The highest BCUT2D eigenvalue weighted by molar-refractivity contribution is 5.90. The summed E-state index contributed by atoms with van der Waals surface area (Å²) in [7, 11) is 0. The van der Waals surface area contributed by atoms with Crippen molar-refractivity contribution in [1.82, 2.24) is 15.5 Å². The van der Waals surface area contributed by atoms with Crippen LogP contribution in [0.5, 0.6) is 0 Å². The number of nitrogens with one attached hydrogen (secondary N) is 2. The van der Waals surface area contributed by atoms with E-state index in [0.717, 1.165) is 11.3 Å². The van der Waals surface area contributed by atoms with Gasteiger partial charge in [-0.1, -0.05) is 23.4 Å². The Morgan fingerprint density at radius 1 is 1.29 bits per heavy atom. The summed E-state index contributed by atoms with van der Waals surface area (Å²) in [5.74, 6) is 1.12. The van der Waals surface area contributed by atoms with Crippen molar-refractivity contribution in [3.05, 3.63) is 41.5 Å². The summed E-state index contributed by atoms with van der Waals surface area (Å²) < 4.78 is 5.12. The molecule has 1 aromatic heterocycles. The molecule has 0 saturated heterocycles. The number of carbonyl (C=O) groups excluding carboxylic acids is 1. The van der Waals surface area contributed by atoms with Crippen molar-refractivity contribution in [2.45, 2.75) is 39.7 Å². The van der Waals surface area contributed by atoms with E-state index in [1.54, 1.807) is 6.92 Å². The van der Waals surface area contributed by atoms with Gasteiger partial charge in [-0.15, -0.1) is 0 Å². The first-order chi connectivity index (χ1) is 9.83. The van der Waals surface area contributed by atoms with Crippen molar-refractivity contribution in [3.8, 4) is 0 Å². The predicted molar refractivity (Wildman–Crippen MR) is 80.2 cm³/mol. The summed E-state index contributed by atoms with van der Waals surface area (Å²) >= 11 is 0. The normalized spacial score (nSPS) is 11.2. The minimum absolute atomic E-state index is 0.239. The molecule has 1 aromatic carbocycles. The fraction of sp³-hybridized carbons (Fsp3) is 0.400. The van der Waals surface area contributed by atoms with Gasteiger partial charge in [0.2, 0.25) is 5.89 Å². The average Bonchev–Trinajstić information content (AvgIpc) is 2.75. The molecule has 6 nitrogen and oxygen atoms in total. The van der Waals surface area contributed by atoms with Gasteiger partial charge in [0, 0.05) is 11.2 Å². The third-order valence-corrected chi connectivity index (χ3v) is 2.67. The molecule has 1 heterocycles. The Kier molecular flexibility index (Phi) is 4.26. The van der Waals surface area contributed by atoms with Gasteiger partial charge in [-0.05, 0) is 39.3 Å². The van der Waals surface area contributed by atoms with Gasteiger partial charge >= 0.3 is 6.03 Å². The number of aryl methyl sites for hydroxylation is 1. The molecule has 0 aliphatic rings. The zero-order valence-electron chi connectivity index (χ0n) is 12.7. The Bertz CT molecular complexity index is 629. The number of benzene rings is 1. The highest BCUT2D eigenvalue weighted by atomic mass is 16.5. The number of anilines is 1. The van der Waals surface area contributed by atoms with Gasteiger partial charge < -0.3 is 15.2 Å². The molecule has 2 rings (SSSR count). The highest BCUT2D eigenvalue weighted by Gasteiger charge is 2.15. The highest BCUT2D eigenvalue weighted by Crippen LogP contribution is 2.18. The smallest absolute Gasteiger partial charge is 0.319 e. The largest absolute Gasteiger partial charge is 0.339 e. The fourth-order valence-corrected chi connectivity index (χ4v) is 1.87. The number of para-hydroxylation sites is 1. The monoisotopic (exact) mass is 288 g/mol. The first kappa shape index (κ1) is 15.0. The number of hydrogen-bond donors (Lipinski definition) is 2. The number of aromatic nitrogens is 2. The van der Waals surface area contributed by atoms with Gasteiger partial charge in [-0.2, -0.15) is 4.98 Å². The molecule has 21 heavy (non-hydrogen) atoms. The number of urea groups is 1. The molecule has 2 N–H and O–H groups in total. The fourth-order valence-electron chi connectivity index (χ4n) is 1.87. The van der Waals surface area contributed by atoms with E-state index < -0.39 is 0 Å². The molecular formula is C15H20N4O2. The molecule has 2 amide bonds. The van der Waals surface area contributed by atoms with E-state index in [2.05, 4.69) is 20.8 Å². The minimum atomic E-state index is -0.289. The Labute approximate surface area is 123 Å². The molecule has 0 aliphatic heterocycles. The number of rotatable bonds is 3. The molecule has 2 aromatic rings. The molecule has 6 heteroatoms. The van der Waals surface area contributed by atoms with Gasteiger partial charge in [0.05, 0.1) is 6.42 Å². The van der Waals surface area contributed by atoms with Crippen LogP contribution in [0.1, 0.15) is 38.0 Å². The SMILES string of the molecule is Cc1noc(Cc2ccccc2NC(=O)NC(C)(C)C)n1. The molecule has 0 bridgehead atoms. The van der Waals surface area contributed by atoms with Crippen LogP contribution in [-0.2, 0) is 6.42 Å². The third kappa shape index (κ3) is 4.59. The molecule has 0 saturated carbocycles. The van der Waals surface area contributed by atoms with E-state index in [1.807, 2.05) is 45.0 Å². The van der Waals surface area contributed by atoms with Crippen LogP contribution in [0.2, 0.25) is 0 Å². The number of amides is 2. The molecular weight excluding hydrogens is 268 g/mol. The lowest BCUT2D eigenvalue weighted by atomic mass is 10.1. The zero-order chi connectivity index (χ0) is 15.5. The minimum Gasteiger partial charge on any atom is -0.339 e. The summed E-state index contributed by atoms with van der Waals surface area (Å²) in [4.78, 5) is 16.1. The van der Waals surface area contributed by atoms with Crippen molar-refractivity contribution in [2.24, 2.45) is 0 Å². The molecule has 0 aliphatic carbocycles. The summed E-state index contributed by atoms with van der Waals surface area (Å²) in [5, 5.41) is 9.48. The summed E-state index contributed by atoms with van der Waals surface area (Å²) in [6.07, 6.45) is 0.479. The maximum atomic E-state index is 12.0. The van der Waals surface area contributed by atoms with Gasteiger partial charge in [0.1, 0.15) is 0 Å². The van der Waals surface area contributed by atoms with Crippen LogP contribution in [0, 0.1) is 6.92 Å². The standard InChI is InChI=1S/C15H20N4O2/c1-10-16-13(21-19-10)9-11-7-5-6-8-12(11)17-14(20)18-15(2,3)4/h5-8H,9H2,1-4H3,(H2,17,18,20). The lowest BCUT2D eigenvalue weighted by molar-refractivity contribution is 0.244. The van der Waals surface area contributed by atoms with E-state index in [9.17, 15) is 4.79 Å². The van der Waals surface area contributed by atoms with Crippen LogP contribution in [0.25, 0.3) is 0 Å². The lowest BCUT2D eigenvalue weighted by Crippen LogP contribution is -2.43. The van der Waals surface area contributed by atoms with Crippen molar-refractivity contribution in [2.75, 3.05) is 5.32 Å². The van der Waals surface area contributed by atoms with E-state index in [-0.39, 0.29) is 11.6 Å². The Balaban J connectivity index is 2.11. The number of nitrogens with zero attached hydrogens (tertiary/aromatic N) is 2. The predicted octanol–water partition coefficient (Wildman–Crippen LogP) is 2.89. The first-order valence-corrected chi connectivity index (χ1v) is 6.80. The number of hydrogen-bond acceptors (Lipinski definition) is 4. The first-order valence-electron chi connectivity index (χ1n) is 6.80. The van der Waals surface area contributed by atoms with Gasteiger partial charge in [-0.3, -0.25) is 0 Å². The van der Waals surface area contributed by atoms with Crippen LogP contribution in [-0.4, -0.2) is 21.7 Å². The van der Waals surface area contributed by atoms with Gasteiger partial charge in [-0.25, -0.2) is 4.79 Å². The molecule has 112 valence electrons. The van der Waals surface area contributed by atoms with Crippen molar-refractivity contribution in [1.29, 1.82) is 0 Å². The van der Waals surface area contributed by atoms with E-state index in [4.69, 9.17) is 4.52 Å². The maximum absolute atomic E-state index is 12.0. The molecule has 0 unspecified atom stereocenters. The average molecular weight is 288 g/mol. The van der Waals surface area contributed by atoms with E-state index in [0.29, 0.717) is 18.1 Å². The summed E-state index contributed by atoms with van der Waals surface area (Å²) in [6.45, 7) is 7.56. The zero-order valence-corrected chi connectivity index (χ0v) is 12.7. The van der Waals surface area contributed by atoms with E-state index >= 15 is 0 Å². The lowest BCUT2D eigenvalue weighted by Gasteiger charge is -2.21. The van der Waals surface area contributed by atoms with Crippen molar-refractivity contribution < 1.29 is 9.32 Å². The Hall–Kier alpha value is -2.37. The quantitative estimate of drug-likeness (QED) is 0.910. The second kappa shape index (κ2) is 5.95. The number of carbonyl (C=O) groups is 1. The molecule has 0 spiro atoms. The molecule has 0 fully saturated rings. The molecule has 0 atom stereocenters. The van der Waals surface area contributed by atoms with Crippen LogP contribution in [0.15, 0.2) is 28.8 Å². The summed E-state index contributed by atoms with van der Waals surface area (Å²) in [6, 6.07) is 7.31. The Morgan fingerprint density at radius 2 is 2.00 bits per heavy atom. The maximum Gasteiger partial charge on any atom is 0.319 e. The van der Waals surface area contributed by atoms with Gasteiger partial charge in [0.15, 0.2) is 5.82 Å². The van der Waals surface area contributed by atoms with Crippen LogP contribution in [0.3, 0.4) is 0 Å². The summed E-state index contributed by atoms with van der Waals surface area (Å²) in [5.41, 5.74) is 1.36.